The molecule has 11 unspecified atom stereocenters. The Labute approximate surface area is 449 Å². The summed E-state index contributed by atoms with van der Waals surface area (Å²) in [6.07, 6.45) is 39.2. The third kappa shape index (κ3) is 33.5. The zero-order chi connectivity index (χ0) is 53.7. The number of carbonyl (C=O) groups excluding carboxylic acids is 1. The maximum atomic E-state index is 13.1. The maximum Gasteiger partial charge on any atom is 0.306 e. The minimum atomic E-state index is -1.71. The smallest absolute Gasteiger partial charge is 0.306 e. The van der Waals surface area contributed by atoms with Gasteiger partial charge in [-0.1, -0.05) is 198 Å². The lowest BCUT2D eigenvalue weighted by molar-refractivity contribution is -0.332. The van der Waals surface area contributed by atoms with E-state index in [0.29, 0.717) is 13.0 Å². The fraction of sp³-hybridized carbons (Fsp3) is 0.883. The first-order valence-electron chi connectivity index (χ1n) is 30.1. The molecule has 434 valence electrons. The molecule has 0 spiro atoms. The summed E-state index contributed by atoms with van der Waals surface area (Å²) in [5.74, 6) is -0.377. The SMILES string of the molecule is CCCCCCC/C=C\C/C=C\CCCCCCCCCCCCCCCC(=O)OC(COCCCCCCCC/C=C\CCCCCCC)COC1OC(COC2OC(CO)C(O)C(O)C2O)C(O)C(O)C1O. The number of allylic oxidation sites excluding steroid dienone is 6. The summed E-state index contributed by atoms with van der Waals surface area (Å²) >= 11 is 0. The van der Waals surface area contributed by atoms with Crippen molar-refractivity contribution in [3.63, 3.8) is 0 Å². The van der Waals surface area contributed by atoms with Crippen LogP contribution in [0.4, 0.5) is 0 Å². The number of aliphatic hydroxyl groups excluding tert-OH is 7. The van der Waals surface area contributed by atoms with Gasteiger partial charge in [0.1, 0.15) is 54.9 Å². The molecule has 0 saturated carbocycles. The van der Waals surface area contributed by atoms with E-state index in [0.717, 1.165) is 51.4 Å². The molecule has 0 bridgehead atoms. The van der Waals surface area contributed by atoms with Crippen LogP contribution in [0.1, 0.15) is 239 Å². The highest BCUT2D eigenvalue weighted by Crippen LogP contribution is 2.27. The van der Waals surface area contributed by atoms with Gasteiger partial charge < -0.3 is 64.2 Å². The highest BCUT2D eigenvalue weighted by Gasteiger charge is 2.47. The van der Waals surface area contributed by atoms with Gasteiger partial charge in [0.05, 0.1) is 26.4 Å². The van der Waals surface area contributed by atoms with Crippen molar-refractivity contribution >= 4 is 5.97 Å². The Hall–Kier alpha value is -1.79. The van der Waals surface area contributed by atoms with Gasteiger partial charge in [-0.05, 0) is 70.6 Å². The molecule has 14 nitrogen and oxygen atoms in total. The number of ether oxygens (including phenoxy) is 6. The molecule has 2 saturated heterocycles. The summed E-state index contributed by atoms with van der Waals surface area (Å²) < 4.78 is 34.4. The highest BCUT2D eigenvalue weighted by molar-refractivity contribution is 5.69. The zero-order valence-corrected chi connectivity index (χ0v) is 46.6. The standard InChI is InChI=1S/C60H110O14/c1-3-5-7-9-11-13-15-17-19-20-21-22-23-24-25-26-27-28-29-31-33-35-37-39-41-43-52(62)72-49(46-69-44-42-40-38-36-34-32-30-18-16-14-12-10-8-6-4-2)47-70-59-58(68)56(66)54(64)51(74-59)48-71-60-57(67)55(65)53(63)50(45-61)73-60/h15-18,20-21,49-51,53-61,63-68H,3-14,19,22-48H2,1-2H3/b17-15-,18-16-,21-20-. The van der Waals surface area contributed by atoms with Crippen LogP contribution in [0.15, 0.2) is 36.5 Å². The summed E-state index contributed by atoms with van der Waals surface area (Å²) in [7, 11) is 0. The molecule has 0 radical (unpaired) electrons. The van der Waals surface area contributed by atoms with Crippen LogP contribution in [-0.4, -0.2) is 142 Å². The van der Waals surface area contributed by atoms with E-state index < -0.39 is 80.7 Å². The van der Waals surface area contributed by atoms with E-state index in [-0.39, 0.29) is 25.6 Å². The van der Waals surface area contributed by atoms with Gasteiger partial charge in [0.2, 0.25) is 0 Å². The Bertz CT molecular complexity index is 1360. The van der Waals surface area contributed by atoms with Crippen molar-refractivity contribution in [3.8, 4) is 0 Å². The largest absolute Gasteiger partial charge is 0.457 e. The van der Waals surface area contributed by atoms with E-state index in [4.69, 9.17) is 28.4 Å². The molecule has 0 aromatic carbocycles. The van der Waals surface area contributed by atoms with E-state index in [9.17, 15) is 40.5 Å². The van der Waals surface area contributed by atoms with Crippen molar-refractivity contribution in [2.24, 2.45) is 0 Å². The molecule has 14 heteroatoms. The molecule has 0 aliphatic carbocycles. The molecule has 2 rings (SSSR count). The summed E-state index contributed by atoms with van der Waals surface area (Å²) in [5, 5.41) is 72.3. The molecule has 11 atom stereocenters. The third-order valence-corrected chi connectivity index (χ3v) is 14.4. The second-order valence-electron chi connectivity index (χ2n) is 21.2. The minimum absolute atomic E-state index is 0.0591. The maximum absolute atomic E-state index is 13.1. The van der Waals surface area contributed by atoms with Crippen LogP contribution < -0.4 is 0 Å². The first kappa shape index (κ1) is 68.3. The highest BCUT2D eigenvalue weighted by atomic mass is 16.7. The first-order chi connectivity index (χ1) is 36.1. The van der Waals surface area contributed by atoms with Gasteiger partial charge in [-0.2, -0.15) is 0 Å². The zero-order valence-electron chi connectivity index (χ0n) is 46.6. The molecular weight excluding hydrogens is 945 g/mol. The molecule has 74 heavy (non-hydrogen) atoms. The molecule has 7 N–H and O–H groups in total. The van der Waals surface area contributed by atoms with Crippen LogP contribution in [0.2, 0.25) is 0 Å². The molecular formula is C60H110O14. The van der Waals surface area contributed by atoms with Crippen LogP contribution in [-0.2, 0) is 33.2 Å². The predicted octanol–water partition coefficient (Wildman–Crippen LogP) is 10.9. The van der Waals surface area contributed by atoms with Crippen molar-refractivity contribution in [2.45, 2.75) is 306 Å². The normalized spacial score (nSPS) is 25.0. The number of unbranched alkanes of at least 4 members (excludes halogenated alkanes) is 29. The molecule has 2 heterocycles. The molecule has 0 amide bonds. The van der Waals surface area contributed by atoms with Crippen molar-refractivity contribution in [1.29, 1.82) is 0 Å². The van der Waals surface area contributed by atoms with Crippen LogP contribution in [0.25, 0.3) is 0 Å². The van der Waals surface area contributed by atoms with Crippen molar-refractivity contribution in [1.82, 2.24) is 0 Å². The number of carbonyl (C=O) groups is 1. The summed E-state index contributed by atoms with van der Waals surface area (Å²) in [4.78, 5) is 13.1. The summed E-state index contributed by atoms with van der Waals surface area (Å²) in [5.41, 5.74) is 0. The number of hydrogen-bond donors (Lipinski definition) is 7. The van der Waals surface area contributed by atoms with Gasteiger partial charge in [-0.15, -0.1) is 0 Å². The Morgan fingerprint density at radius 3 is 1.31 bits per heavy atom. The fourth-order valence-electron chi connectivity index (χ4n) is 9.49. The quantitative estimate of drug-likeness (QED) is 0.0172. The molecule has 0 aromatic rings. The molecule has 2 fully saturated rings. The van der Waals surface area contributed by atoms with Gasteiger partial charge >= 0.3 is 5.97 Å². The summed E-state index contributed by atoms with van der Waals surface area (Å²) in [6, 6.07) is 0. The lowest BCUT2D eigenvalue weighted by Crippen LogP contribution is -2.61. The second kappa shape index (κ2) is 47.2. The van der Waals surface area contributed by atoms with E-state index in [2.05, 4.69) is 50.3 Å². The predicted molar refractivity (Wildman–Crippen MR) is 293 cm³/mol. The van der Waals surface area contributed by atoms with Gasteiger partial charge in [-0.3, -0.25) is 4.79 Å². The fourth-order valence-corrected chi connectivity index (χ4v) is 9.49. The van der Waals surface area contributed by atoms with E-state index in [1.165, 1.54) is 161 Å². The average molecular weight is 1060 g/mol. The van der Waals surface area contributed by atoms with Gasteiger partial charge in [0, 0.05) is 13.0 Å². The van der Waals surface area contributed by atoms with Crippen molar-refractivity contribution in [3.05, 3.63) is 36.5 Å². The number of esters is 1. The second-order valence-corrected chi connectivity index (χ2v) is 21.2. The Morgan fingerprint density at radius 1 is 0.446 bits per heavy atom. The number of rotatable bonds is 49. The lowest BCUT2D eigenvalue weighted by atomic mass is 9.98. The van der Waals surface area contributed by atoms with Gasteiger partial charge in [-0.25, -0.2) is 0 Å². The Kier molecular flexibility index (Phi) is 43.6. The van der Waals surface area contributed by atoms with Crippen LogP contribution in [0.3, 0.4) is 0 Å². The number of aliphatic hydroxyl groups is 7. The van der Waals surface area contributed by atoms with E-state index in [1.54, 1.807) is 0 Å². The molecule has 0 aromatic heterocycles. The minimum Gasteiger partial charge on any atom is -0.457 e. The van der Waals surface area contributed by atoms with Gasteiger partial charge in [0.15, 0.2) is 12.6 Å². The average Bonchev–Trinajstić information content (AvgIpc) is 3.40. The first-order valence-corrected chi connectivity index (χ1v) is 30.1. The van der Waals surface area contributed by atoms with Crippen LogP contribution in [0, 0.1) is 0 Å². The molecule has 2 aliphatic heterocycles. The van der Waals surface area contributed by atoms with Crippen molar-refractivity contribution in [2.75, 3.05) is 33.0 Å². The Morgan fingerprint density at radius 2 is 0.838 bits per heavy atom. The van der Waals surface area contributed by atoms with Crippen molar-refractivity contribution < 1.29 is 69.0 Å². The van der Waals surface area contributed by atoms with E-state index in [1.807, 2.05) is 0 Å². The number of hydrogen-bond acceptors (Lipinski definition) is 14. The lowest BCUT2D eigenvalue weighted by Gasteiger charge is -2.42. The monoisotopic (exact) mass is 1050 g/mol. The van der Waals surface area contributed by atoms with Crippen LogP contribution >= 0.6 is 0 Å². The Balaban J connectivity index is 1.68. The topological polar surface area (TPSA) is 214 Å². The third-order valence-electron chi connectivity index (χ3n) is 14.4. The molecule has 2 aliphatic rings. The van der Waals surface area contributed by atoms with Gasteiger partial charge in [0.25, 0.3) is 0 Å². The van der Waals surface area contributed by atoms with E-state index >= 15 is 0 Å². The van der Waals surface area contributed by atoms with Crippen LogP contribution in [0.5, 0.6) is 0 Å². The summed E-state index contributed by atoms with van der Waals surface area (Å²) in [6.45, 7) is 3.69.